The van der Waals surface area contributed by atoms with Crippen LogP contribution in [0.5, 0.6) is 0 Å². The van der Waals surface area contributed by atoms with Gasteiger partial charge in [-0.2, -0.15) is 18.4 Å². The molecule has 1 aromatic heterocycles. The fraction of sp³-hybridized carbons (Fsp3) is 0.321. The van der Waals surface area contributed by atoms with E-state index in [2.05, 4.69) is 10.2 Å². The number of nitrogens with zero attached hydrogens (tertiary/aromatic N) is 5. The van der Waals surface area contributed by atoms with E-state index in [0.29, 0.717) is 37.4 Å². The van der Waals surface area contributed by atoms with Gasteiger partial charge in [-0.1, -0.05) is 12.1 Å². The number of nitriles is 1. The Hall–Kier alpha value is -4.90. The number of esters is 1. The van der Waals surface area contributed by atoms with Gasteiger partial charge in [0.15, 0.2) is 0 Å². The second-order valence-corrected chi connectivity index (χ2v) is 9.67. The predicted octanol–water partition coefficient (Wildman–Crippen LogP) is 3.05. The third-order valence-corrected chi connectivity index (χ3v) is 7.25. The normalized spacial score (nSPS) is 17.1. The minimum atomic E-state index is -4.65. The van der Waals surface area contributed by atoms with Crippen molar-refractivity contribution in [3.8, 4) is 6.07 Å². The van der Waals surface area contributed by atoms with E-state index in [9.17, 15) is 32.8 Å². The van der Waals surface area contributed by atoms with Gasteiger partial charge >= 0.3 is 17.8 Å². The Bertz CT molecular complexity index is 1680. The molecule has 1 atom stereocenters. The molecule has 42 heavy (non-hydrogen) atoms. The lowest BCUT2D eigenvalue weighted by Gasteiger charge is -2.36. The Kier molecular flexibility index (Phi) is 7.61. The van der Waals surface area contributed by atoms with Crippen molar-refractivity contribution < 1.29 is 32.2 Å². The van der Waals surface area contributed by atoms with Crippen molar-refractivity contribution in [3.05, 3.63) is 86.5 Å². The molecule has 0 spiro atoms. The van der Waals surface area contributed by atoms with Crippen LogP contribution in [0.15, 0.2) is 58.5 Å². The lowest BCUT2D eigenvalue weighted by Crippen LogP contribution is -2.42. The van der Waals surface area contributed by atoms with Crippen LogP contribution in [0.2, 0.25) is 0 Å². The molecule has 14 heteroatoms. The number of nitrogens with one attached hydrogen (secondary N) is 1. The van der Waals surface area contributed by atoms with Crippen molar-refractivity contribution in [2.24, 2.45) is 0 Å². The first-order chi connectivity index (χ1) is 20.0. The minimum Gasteiger partial charge on any atom is -0.466 e. The van der Waals surface area contributed by atoms with Crippen LogP contribution in [0.3, 0.4) is 0 Å². The highest BCUT2D eigenvalue weighted by Gasteiger charge is 2.41. The van der Waals surface area contributed by atoms with Crippen molar-refractivity contribution in [2.75, 3.05) is 38.3 Å². The van der Waals surface area contributed by atoms with Gasteiger partial charge in [-0.25, -0.2) is 19.3 Å². The van der Waals surface area contributed by atoms with Gasteiger partial charge in [-0.3, -0.25) is 9.69 Å². The van der Waals surface area contributed by atoms with E-state index < -0.39 is 29.4 Å². The summed E-state index contributed by atoms with van der Waals surface area (Å²) < 4.78 is 52.3. The highest BCUT2D eigenvalue weighted by molar-refractivity contribution is 5.94. The number of ether oxygens (including phenoxy) is 2. The summed E-state index contributed by atoms with van der Waals surface area (Å²) in [6, 6.07) is 9.81. The number of amides is 1. The standard InChI is InChI=1S/C28H25F3N6O5/c1-16-23(25(39)41-2)24(21-7-6-17(15-32)12-18(21)13-22(38)35-8-10-42-11-9-35)37-26(33-34-27(37)40)36(16)20-5-3-4-19(14-20)28(29,30)31/h3-7,12,14,24H,8-11,13H2,1-2H3,(H,34,40)/t24-/m1/s1. The Balaban J connectivity index is 1.71. The molecule has 1 saturated heterocycles. The number of hydrogen-bond donors (Lipinski definition) is 1. The number of carbonyl (C=O) groups is 2. The second-order valence-electron chi connectivity index (χ2n) is 9.67. The number of rotatable bonds is 5. The molecule has 2 aromatic carbocycles. The van der Waals surface area contributed by atoms with Crippen LogP contribution in [-0.2, 0) is 31.7 Å². The molecule has 0 bridgehead atoms. The maximum Gasteiger partial charge on any atom is 0.416 e. The van der Waals surface area contributed by atoms with Gasteiger partial charge in [0.05, 0.1) is 49.5 Å². The van der Waals surface area contributed by atoms with E-state index in [4.69, 9.17) is 9.47 Å². The Labute approximate surface area is 237 Å². The maximum absolute atomic E-state index is 13.6. The van der Waals surface area contributed by atoms with E-state index in [-0.39, 0.29) is 40.8 Å². The fourth-order valence-corrected chi connectivity index (χ4v) is 5.26. The number of anilines is 2. The first-order valence-corrected chi connectivity index (χ1v) is 12.9. The van der Waals surface area contributed by atoms with Gasteiger partial charge in [0.25, 0.3) is 0 Å². The van der Waals surface area contributed by atoms with Crippen molar-refractivity contribution in [3.63, 3.8) is 0 Å². The maximum atomic E-state index is 13.6. The van der Waals surface area contributed by atoms with Gasteiger partial charge in [0.1, 0.15) is 6.04 Å². The van der Waals surface area contributed by atoms with Crippen LogP contribution >= 0.6 is 0 Å². The number of carbonyl (C=O) groups excluding carboxylic acids is 2. The van der Waals surface area contributed by atoms with Crippen molar-refractivity contribution >= 4 is 23.5 Å². The Morgan fingerprint density at radius 2 is 1.93 bits per heavy atom. The molecule has 2 aliphatic rings. The van der Waals surface area contributed by atoms with E-state index in [1.165, 1.54) is 36.1 Å². The van der Waals surface area contributed by atoms with Crippen molar-refractivity contribution in [2.45, 2.75) is 25.6 Å². The Morgan fingerprint density at radius 1 is 1.19 bits per heavy atom. The molecule has 5 rings (SSSR count). The molecule has 1 fully saturated rings. The van der Waals surface area contributed by atoms with Gasteiger partial charge in [0.2, 0.25) is 11.9 Å². The molecule has 218 valence electrons. The highest BCUT2D eigenvalue weighted by Crippen LogP contribution is 2.43. The molecule has 2 aliphatic heterocycles. The summed E-state index contributed by atoms with van der Waals surface area (Å²) in [6.07, 6.45) is -4.79. The third kappa shape index (κ3) is 5.14. The summed E-state index contributed by atoms with van der Waals surface area (Å²) in [5.74, 6) is -1.16. The largest absolute Gasteiger partial charge is 0.466 e. The molecule has 0 saturated carbocycles. The number of aromatic amines is 1. The minimum absolute atomic E-state index is 0.00461. The SMILES string of the molecule is COC(=O)C1=C(C)N(c2cccc(C(F)(F)F)c2)c2n[nH]c(=O)n2[C@@H]1c1ccc(C#N)cc1CC(=O)N1CCOCC1. The molecule has 3 aromatic rings. The summed E-state index contributed by atoms with van der Waals surface area (Å²) in [7, 11) is 1.14. The zero-order valence-electron chi connectivity index (χ0n) is 22.6. The number of morpholine rings is 1. The average Bonchev–Trinajstić information content (AvgIpc) is 3.36. The van der Waals surface area contributed by atoms with Gasteiger partial charge in [0, 0.05) is 24.5 Å². The topological polar surface area (TPSA) is 134 Å². The quantitative estimate of drug-likeness (QED) is 0.454. The summed E-state index contributed by atoms with van der Waals surface area (Å²) in [4.78, 5) is 42.7. The average molecular weight is 583 g/mol. The fourth-order valence-electron chi connectivity index (χ4n) is 5.26. The monoisotopic (exact) mass is 582 g/mol. The number of alkyl halides is 3. The van der Waals surface area contributed by atoms with E-state index in [1.54, 1.807) is 11.0 Å². The number of aromatic nitrogens is 3. The summed E-state index contributed by atoms with van der Waals surface area (Å²) in [5.41, 5.74) is -0.594. The lowest BCUT2D eigenvalue weighted by molar-refractivity contribution is -0.138. The molecule has 1 N–H and O–H groups in total. The number of H-pyrrole nitrogens is 1. The smallest absolute Gasteiger partial charge is 0.416 e. The molecule has 0 aliphatic carbocycles. The summed E-state index contributed by atoms with van der Waals surface area (Å²) >= 11 is 0. The molecule has 0 radical (unpaired) electrons. The van der Waals surface area contributed by atoms with Crippen LogP contribution < -0.4 is 10.6 Å². The van der Waals surface area contributed by atoms with Crippen LogP contribution in [0, 0.1) is 11.3 Å². The van der Waals surface area contributed by atoms with Crippen molar-refractivity contribution in [1.82, 2.24) is 19.7 Å². The van der Waals surface area contributed by atoms with Crippen LogP contribution in [0.25, 0.3) is 0 Å². The van der Waals surface area contributed by atoms with Crippen molar-refractivity contribution in [1.29, 1.82) is 5.26 Å². The molecular weight excluding hydrogens is 557 g/mol. The number of benzene rings is 2. The van der Waals surface area contributed by atoms with Crippen LogP contribution in [0.4, 0.5) is 24.8 Å². The lowest BCUT2D eigenvalue weighted by atomic mass is 9.88. The third-order valence-electron chi connectivity index (χ3n) is 7.25. The second kappa shape index (κ2) is 11.2. The van der Waals surface area contributed by atoms with E-state index in [1.807, 2.05) is 6.07 Å². The molecule has 1 amide bonds. The predicted molar refractivity (Wildman–Crippen MR) is 142 cm³/mol. The zero-order chi connectivity index (χ0) is 30.2. The number of methoxy groups -OCH3 is 1. The number of hydrogen-bond acceptors (Lipinski definition) is 8. The first-order valence-electron chi connectivity index (χ1n) is 12.9. The highest BCUT2D eigenvalue weighted by atomic mass is 19.4. The molecule has 3 heterocycles. The van der Waals surface area contributed by atoms with Gasteiger partial charge in [-0.05, 0) is 48.4 Å². The van der Waals surface area contributed by atoms with Gasteiger partial charge in [-0.15, -0.1) is 5.10 Å². The number of fused-ring (bicyclic) bond motifs is 1. The summed E-state index contributed by atoms with van der Waals surface area (Å²) in [6.45, 7) is 3.04. The number of halogens is 3. The van der Waals surface area contributed by atoms with Crippen LogP contribution in [0.1, 0.15) is 35.2 Å². The molecule has 0 unspecified atom stereocenters. The Morgan fingerprint density at radius 3 is 2.60 bits per heavy atom. The van der Waals surface area contributed by atoms with Crippen LogP contribution in [-0.4, -0.2) is 65.0 Å². The van der Waals surface area contributed by atoms with E-state index >= 15 is 0 Å². The zero-order valence-corrected chi connectivity index (χ0v) is 22.6. The molecular formula is C28H25F3N6O5. The van der Waals surface area contributed by atoms with E-state index in [0.717, 1.165) is 23.8 Å². The van der Waals surface area contributed by atoms with Gasteiger partial charge < -0.3 is 14.4 Å². The summed E-state index contributed by atoms with van der Waals surface area (Å²) in [5, 5.41) is 16.0. The molecule has 11 nitrogen and oxygen atoms in total. The number of allylic oxidation sites excluding steroid dienone is 1. The first kappa shape index (κ1) is 28.6.